The molecule has 0 unspecified atom stereocenters. The summed E-state index contributed by atoms with van der Waals surface area (Å²) in [6, 6.07) is 16.3. The molecule has 1 N–H and O–H groups in total. The van der Waals surface area contributed by atoms with Crippen LogP contribution in [0.2, 0.25) is 0 Å². The molecule has 4 rings (SSSR count). The fourth-order valence-corrected chi connectivity index (χ4v) is 3.85. The maximum absolute atomic E-state index is 10.6. The molecule has 1 aliphatic heterocycles. The maximum Gasteiger partial charge on any atom is 0.120 e. The Kier molecular flexibility index (Phi) is 5.03. The molecule has 0 radical (unpaired) electrons. The minimum atomic E-state index is -0.594. The van der Waals surface area contributed by atoms with Crippen molar-refractivity contribution in [3.8, 4) is 6.07 Å². The van der Waals surface area contributed by atoms with Gasteiger partial charge in [0, 0.05) is 38.8 Å². The van der Waals surface area contributed by atoms with Crippen molar-refractivity contribution in [3.05, 3.63) is 76.4 Å². The monoisotopic (exact) mass is 375 g/mol. The van der Waals surface area contributed by atoms with Crippen molar-refractivity contribution in [1.82, 2.24) is 19.2 Å². The Hall–Kier alpha value is -2.88. The van der Waals surface area contributed by atoms with Gasteiger partial charge in [-0.05, 0) is 30.2 Å². The fourth-order valence-electron chi connectivity index (χ4n) is 3.85. The zero-order valence-electron chi connectivity index (χ0n) is 16.3. The predicted octanol–water partition coefficient (Wildman–Crippen LogP) is 2.69. The highest BCUT2D eigenvalue weighted by molar-refractivity contribution is 5.34. The van der Waals surface area contributed by atoms with Crippen LogP contribution in [-0.4, -0.2) is 30.9 Å². The van der Waals surface area contributed by atoms with E-state index in [2.05, 4.69) is 23.0 Å². The van der Waals surface area contributed by atoms with E-state index in [1.54, 1.807) is 0 Å². The van der Waals surface area contributed by atoms with Crippen molar-refractivity contribution in [2.45, 2.75) is 39.1 Å². The van der Waals surface area contributed by atoms with E-state index >= 15 is 0 Å². The third-order valence-corrected chi connectivity index (χ3v) is 5.66. The quantitative estimate of drug-likeness (QED) is 0.744. The maximum atomic E-state index is 10.6. The summed E-state index contributed by atoms with van der Waals surface area (Å²) in [5.74, 6) is 0. The number of nitrogens with zero attached hydrogens (tertiary/aromatic N) is 5. The van der Waals surface area contributed by atoms with Crippen molar-refractivity contribution in [2.75, 3.05) is 6.54 Å². The molecule has 0 saturated carbocycles. The van der Waals surface area contributed by atoms with E-state index in [-0.39, 0.29) is 0 Å². The van der Waals surface area contributed by atoms with Gasteiger partial charge in [-0.2, -0.15) is 10.4 Å². The van der Waals surface area contributed by atoms with Gasteiger partial charge in [0.05, 0.1) is 17.9 Å². The lowest BCUT2D eigenvalue weighted by Gasteiger charge is -2.27. The largest absolute Gasteiger partial charge is 0.386 e. The van der Waals surface area contributed by atoms with E-state index in [1.807, 2.05) is 58.8 Å². The lowest BCUT2D eigenvalue weighted by molar-refractivity contribution is 0.171. The highest BCUT2D eigenvalue weighted by Crippen LogP contribution is 2.23. The van der Waals surface area contributed by atoms with E-state index in [9.17, 15) is 10.4 Å². The zero-order valence-corrected chi connectivity index (χ0v) is 16.3. The second kappa shape index (κ2) is 7.63. The summed E-state index contributed by atoms with van der Waals surface area (Å²) in [5.41, 5.74) is 5.99. The van der Waals surface area contributed by atoms with Crippen LogP contribution in [-0.2, 0) is 33.1 Å². The smallest absolute Gasteiger partial charge is 0.120 e. The highest BCUT2D eigenvalue weighted by atomic mass is 16.3. The van der Waals surface area contributed by atoms with Gasteiger partial charge in [0.15, 0.2) is 0 Å². The molecule has 2 aromatic heterocycles. The van der Waals surface area contributed by atoms with E-state index in [0.717, 1.165) is 48.8 Å². The molecule has 6 heteroatoms. The number of fused-ring (bicyclic) bond motifs is 1. The first kappa shape index (κ1) is 18.5. The normalized spacial score (nSPS) is 15.2. The molecular formula is C22H25N5O. The molecule has 3 heterocycles. The second-order valence-electron chi connectivity index (χ2n) is 7.51. The van der Waals surface area contributed by atoms with Crippen molar-refractivity contribution in [2.24, 2.45) is 7.05 Å². The van der Waals surface area contributed by atoms with Crippen LogP contribution in [0.3, 0.4) is 0 Å². The number of aliphatic hydroxyl groups excluding tert-OH is 1. The molecule has 144 valence electrons. The minimum Gasteiger partial charge on any atom is -0.386 e. The van der Waals surface area contributed by atoms with Gasteiger partial charge in [0.2, 0.25) is 0 Å². The van der Waals surface area contributed by atoms with Crippen molar-refractivity contribution < 1.29 is 5.11 Å². The minimum absolute atomic E-state index is 0.571. The molecule has 0 aliphatic carbocycles. The summed E-state index contributed by atoms with van der Waals surface area (Å²) < 4.78 is 3.96. The zero-order chi connectivity index (χ0) is 19.7. The molecule has 0 amide bonds. The Bertz CT molecular complexity index is 1010. The Labute approximate surface area is 165 Å². The lowest BCUT2D eigenvalue weighted by atomic mass is 10.1. The van der Waals surface area contributed by atoms with Gasteiger partial charge >= 0.3 is 0 Å². The van der Waals surface area contributed by atoms with Gasteiger partial charge in [-0.1, -0.05) is 30.3 Å². The van der Waals surface area contributed by atoms with Crippen LogP contribution in [0.1, 0.15) is 40.0 Å². The number of hydrogen-bond donors (Lipinski definition) is 1. The number of aromatic nitrogens is 3. The highest BCUT2D eigenvalue weighted by Gasteiger charge is 2.22. The van der Waals surface area contributed by atoms with E-state index < -0.39 is 6.10 Å². The average molecular weight is 375 g/mol. The molecular weight excluding hydrogens is 350 g/mol. The molecule has 0 fully saturated rings. The van der Waals surface area contributed by atoms with Crippen LogP contribution in [0.25, 0.3) is 0 Å². The Balaban J connectivity index is 1.45. The summed E-state index contributed by atoms with van der Waals surface area (Å²) in [6.07, 6.45) is -0.0234. The number of benzene rings is 1. The number of nitriles is 1. The van der Waals surface area contributed by atoms with Crippen LogP contribution in [0.4, 0.5) is 0 Å². The second-order valence-corrected chi connectivity index (χ2v) is 7.51. The first-order valence-electron chi connectivity index (χ1n) is 9.61. The molecule has 6 nitrogen and oxygen atoms in total. The summed E-state index contributed by atoms with van der Waals surface area (Å²) in [6.45, 7) is 5.38. The number of rotatable bonds is 5. The molecule has 1 aromatic carbocycles. The Morgan fingerprint density at radius 2 is 2.00 bits per heavy atom. The molecule has 0 spiro atoms. The summed E-state index contributed by atoms with van der Waals surface area (Å²) >= 11 is 0. The molecule has 1 atom stereocenters. The standard InChI is InChI=1S/C22H25N5O/c1-16-18(11-19(13-23)25(16)2)14-26-8-9-27-20(15-26)12-21(24-27)22(28)10-17-6-4-3-5-7-17/h3-7,11-12,22,28H,8-10,14-15H2,1-2H3/t22-/m0/s1. The van der Waals surface area contributed by atoms with Gasteiger partial charge < -0.3 is 9.67 Å². The van der Waals surface area contributed by atoms with E-state index in [1.165, 1.54) is 5.56 Å². The lowest BCUT2D eigenvalue weighted by Crippen LogP contribution is -2.33. The number of hydrogen-bond acceptors (Lipinski definition) is 4. The Morgan fingerprint density at radius 3 is 2.71 bits per heavy atom. The van der Waals surface area contributed by atoms with Gasteiger partial charge in [-0.15, -0.1) is 0 Å². The van der Waals surface area contributed by atoms with Gasteiger partial charge in [0.1, 0.15) is 17.9 Å². The van der Waals surface area contributed by atoms with Crippen LogP contribution >= 0.6 is 0 Å². The Morgan fingerprint density at radius 1 is 1.21 bits per heavy atom. The molecule has 1 aliphatic rings. The van der Waals surface area contributed by atoms with Gasteiger partial charge in [-0.3, -0.25) is 9.58 Å². The predicted molar refractivity (Wildman–Crippen MR) is 106 cm³/mol. The van der Waals surface area contributed by atoms with Gasteiger partial charge in [0.25, 0.3) is 0 Å². The third kappa shape index (κ3) is 3.59. The van der Waals surface area contributed by atoms with E-state index in [4.69, 9.17) is 0 Å². The SMILES string of the molecule is Cc1c(CN2CCn3nc([C@@H](O)Cc4ccccc4)cc3C2)cc(C#N)n1C. The van der Waals surface area contributed by atoms with Crippen molar-refractivity contribution >= 4 is 0 Å². The fraction of sp³-hybridized carbons (Fsp3) is 0.364. The van der Waals surface area contributed by atoms with Crippen LogP contribution in [0, 0.1) is 18.3 Å². The molecule has 0 saturated heterocycles. The molecule has 0 bridgehead atoms. The van der Waals surface area contributed by atoms with Crippen LogP contribution < -0.4 is 0 Å². The molecule has 3 aromatic rings. The van der Waals surface area contributed by atoms with E-state index in [0.29, 0.717) is 12.1 Å². The summed E-state index contributed by atoms with van der Waals surface area (Å²) in [4.78, 5) is 2.37. The average Bonchev–Trinajstić information content (AvgIpc) is 3.25. The number of aliphatic hydroxyl groups is 1. The topological polar surface area (TPSA) is 70.0 Å². The summed E-state index contributed by atoms with van der Waals surface area (Å²) in [5, 5.41) is 24.5. The third-order valence-electron chi connectivity index (χ3n) is 5.66. The first-order chi connectivity index (χ1) is 13.5. The van der Waals surface area contributed by atoms with Crippen LogP contribution in [0.5, 0.6) is 0 Å². The van der Waals surface area contributed by atoms with Gasteiger partial charge in [-0.25, -0.2) is 0 Å². The summed E-state index contributed by atoms with van der Waals surface area (Å²) in [7, 11) is 1.93. The van der Waals surface area contributed by atoms with Crippen LogP contribution in [0.15, 0.2) is 42.5 Å². The van der Waals surface area contributed by atoms with Crippen molar-refractivity contribution in [3.63, 3.8) is 0 Å². The first-order valence-corrected chi connectivity index (χ1v) is 9.61. The molecule has 28 heavy (non-hydrogen) atoms. The van der Waals surface area contributed by atoms with Crippen molar-refractivity contribution in [1.29, 1.82) is 5.26 Å².